The van der Waals surface area contributed by atoms with Crippen molar-refractivity contribution in [1.82, 2.24) is 14.6 Å². The lowest BCUT2D eigenvalue weighted by Crippen LogP contribution is -2.26. The van der Waals surface area contributed by atoms with E-state index in [9.17, 15) is 4.39 Å². The maximum Gasteiger partial charge on any atom is 0.163 e. The summed E-state index contributed by atoms with van der Waals surface area (Å²) >= 11 is 0. The molecule has 1 unspecified atom stereocenters. The van der Waals surface area contributed by atoms with Gasteiger partial charge < -0.3 is 10.7 Å². The van der Waals surface area contributed by atoms with Crippen molar-refractivity contribution in [3.63, 3.8) is 0 Å². The molecule has 0 aromatic carbocycles. The predicted molar refractivity (Wildman–Crippen MR) is 85.2 cm³/mol. The summed E-state index contributed by atoms with van der Waals surface area (Å²) < 4.78 is 14.9. The Kier molecular flexibility index (Phi) is 3.72. The van der Waals surface area contributed by atoms with Crippen molar-refractivity contribution < 1.29 is 4.39 Å². The maximum atomic E-state index is 13.1. The van der Waals surface area contributed by atoms with Gasteiger partial charge in [-0.2, -0.15) is 0 Å². The molecular formula is C15H15FN6. The number of halogens is 1. The molecule has 0 bridgehead atoms. The molecule has 2 aromatic heterocycles. The van der Waals surface area contributed by atoms with Gasteiger partial charge in [0, 0.05) is 13.2 Å². The number of fused-ring (bicyclic) bond motifs is 1. The van der Waals surface area contributed by atoms with E-state index in [0.717, 1.165) is 16.9 Å². The Bertz CT molecular complexity index is 826. The first-order valence-corrected chi connectivity index (χ1v) is 6.82. The van der Waals surface area contributed by atoms with E-state index < -0.39 is 5.83 Å². The van der Waals surface area contributed by atoms with Gasteiger partial charge in [0.05, 0.1) is 17.6 Å². The Labute approximate surface area is 126 Å². The van der Waals surface area contributed by atoms with Crippen LogP contribution in [0.1, 0.15) is 6.92 Å². The molecule has 112 valence electrons. The maximum absolute atomic E-state index is 13.1. The van der Waals surface area contributed by atoms with Crippen molar-refractivity contribution in [1.29, 1.82) is 0 Å². The zero-order valence-corrected chi connectivity index (χ0v) is 12.2. The summed E-state index contributed by atoms with van der Waals surface area (Å²) in [5.41, 5.74) is 7.55. The first-order chi connectivity index (χ1) is 10.7. The van der Waals surface area contributed by atoms with E-state index in [1.807, 2.05) is 26.2 Å². The van der Waals surface area contributed by atoms with Crippen LogP contribution in [0.5, 0.6) is 0 Å². The molecule has 6 nitrogen and oxygen atoms in total. The van der Waals surface area contributed by atoms with Gasteiger partial charge in [-0.25, -0.2) is 24.0 Å². The van der Waals surface area contributed by atoms with Crippen LogP contribution in [0.4, 0.5) is 10.2 Å². The van der Waals surface area contributed by atoms with Crippen molar-refractivity contribution in [3.05, 3.63) is 48.0 Å². The highest BCUT2D eigenvalue weighted by Gasteiger charge is 2.12. The Balaban J connectivity index is 1.88. The predicted octanol–water partition coefficient (Wildman–Crippen LogP) is 2.38. The number of hydrogen-bond acceptors (Lipinski definition) is 5. The highest BCUT2D eigenvalue weighted by Crippen LogP contribution is 2.19. The van der Waals surface area contributed by atoms with Crippen molar-refractivity contribution in [3.8, 4) is 0 Å². The number of aliphatic imine (C=N–C) groups is 1. The van der Waals surface area contributed by atoms with Gasteiger partial charge in [0.2, 0.25) is 0 Å². The zero-order valence-electron chi connectivity index (χ0n) is 12.2. The highest BCUT2D eigenvalue weighted by atomic mass is 19.1. The molecule has 1 aliphatic heterocycles. The fourth-order valence-corrected chi connectivity index (χ4v) is 2.18. The van der Waals surface area contributed by atoms with Gasteiger partial charge in [-0.15, -0.1) is 0 Å². The van der Waals surface area contributed by atoms with E-state index in [4.69, 9.17) is 0 Å². The highest BCUT2D eigenvalue weighted by molar-refractivity contribution is 5.87. The van der Waals surface area contributed by atoms with E-state index in [1.54, 1.807) is 4.68 Å². The number of allylic oxidation sites excluding steroid dienone is 2. The normalized spacial score (nSPS) is 15.2. The SMILES string of the molecule is CNc1ncnc2c1ccn2NC(C)C1=C=CC=C(F)C=N1. The second-order valence-corrected chi connectivity index (χ2v) is 4.75. The molecule has 2 N–H and O–H groups in total. The molecule has 0 saturated carbocycles. The molecule has 0 spiro atoms. The minimum absolute atomic E-state index is 0.171. The second kappa shape index (κ2) is 5.83. The summed E-state index contributed by atoms with van der Waals surface area (Å²) in [5.74, 6) is 0.364. The molecule has 0 saturated heterocycles. The van der Waals surface area contributed by atoms with Crippen LogP contribution in [0.2, 0.25) is 0 Å². The van der Waals surface area contributed by atoms with Crippen LogP contribution >= 0.6 is 0 Å². The molecule has 0 radical (unpaired) electrons. The summed E-state index contributed by atoms with van der Waals surface area (Å²) in [6.07, 6.45) is 7.38. The van der Waals surface area contributed by atoms with Gasteiger partial charge >= 0.3 is 0 Å². The fourth-order valence-electron chi connectivity index (χ4n) is 2.18. The van der Waals surface area contributed by atoms with Crippen LogP contribution in [0.25, 0.3) is 11.0 Å². The van der Waals surface area contributed by atoms with E-state index >= 15 is 0 Å². The fraction of sp³-hybridized carbons (Fsp3) is 0.200. The minimum Gasteiger partial charge on any atom is -0.372 e. The number of anilines is 1. The average Bonchev–Trinajstić information content (AvgIpc) is 2.80. The minimum atomic E-state index is -0.396. The monoisotopic (exact) mass is 298 g/mol. The lowest BCUT2D eigenvalue weighted by atomic mass is 10.2. The lowest BCUT2D eigenvalue weighted by molar-refractivity contribution is 0.686. The Morgan fingerprint density at radius 3 is 3.05 bits per heavy atom. The number of hydrogen-bond donors (Lipinski definition) is 2. The van der Waals surface area contributed by atoms with Crippen LogP contribution in [-0.4, -0.2) is 33.9 Å². The topological polar surface area (TPSA) is 67.1 Å². The molecule has 1 atom stereocenters. The second-order valence-electron chi connectivity index (χ2n) is 4.75. The third-order valence-corrected chi connectivity index (χ3v) is 3.26. The molecule has 2 aromatic rings. The number of nitrogens with zero attached hydrogens (tertiary/aromatic N) is 4. The number of aromatic nitrogens is 3. The molecule has 22 heavy (non-hydrogen) atoms. The lowest BCUT2D eigenvalue weighted by Gasteiger charge is -2.16. The number of nitrogens with one attached hydrogen (secondary N) is 2. The summed E-state index contributed by atoms with van der Waals surface area (Å²) in [4.78, 5) is 12.5. The van der Waals surface area contributed by atoms with Crippen molar-refractivity contribution in [2.75, 3.05) is 17.8 Å². The van der Waals surface area contributed by atoms with Gasteiger partial charge in [0.15, 0.2) is 5.65 Å². The molecule has 0 amide bonds. The van der Waals surface area contributed by atoms with E-state index in [-0.39, 0.29) is 6.04 Å². The van der Waals surface area contributed by atoms with Gasteiger partial charge in [-0.3, -0.25) is 0 Å². The molecule has 3 heterocycles. The third-order valence-electron chi connectivity index (χ3n) is 3.26. The molecular weight excluding hydrogens is 283 g/mol. The Morgan fingerprint density at radius 1 is 1.36 bits per heavy atom. The molecule has 0 aliphatic carbocycles. The van der Waals surface area contributed by atoms with E-state index in [2.05, 4.69) is 31.4 Å². The van der Waals surface area contributed by atoms with E-state index in [0.29, 0.717) is 5.70 Å². The van der Waals surface area contributed by atoms with Gasteiger partial charge in [0.1, 0.15) is 23.7 Å². The molecule has 1 aliphatic rings. The zero-order chi connectivity index (χ0) is 15.5. The summed E-state index contributed by atoms with van der Waals surface area (Å²) in [7, 11) is 1.81. The van der Waals surface area contributed by atoms with E-state index in [1.165, 1.54) is 24.7 Å². The molecule has 3 rings (SSSR count). The Hall–Kier alpha value is -2.92. The van der Waals surface area contributed by atoms with Gasteiger partial charge in [0.25, 0.3) is 0 Å². The third kappa shape index (κ3) is 2.62. The standard InChI is InChI=1S/C15H15FN6/c1-10(13-5-3-4-11(16)8-18-13)21-22-7-6-12-14(17-2)19-9-20-15(12)22/h3-4,6-10,21H,1-2H3,(H,17,19,20). The van der Waals surface area contributed by atoms with Crippen molar-refractivity contribution >= 4 is 23.1 Å². The summed E-state index contributed by atoms with van der Waals surface area (Å²) in [6, 6.07) is 1.75. The van der Waals surface area contributed by atoms with Gasteiger partial charge in [-0.05, 0) is 25.1 Å². The number of rotatable bonds is 4. The smallest absolute Gasteiger partial charge is 0.163 e. The first kappa shape index (κ1) is 14.0. The molecule has 7 heteroatoms. The quantitative estimate of drug-likeness (QED) is 0.851. The van der Waals surface area contributed by atoms with Crippen molar-refractivity contribution in [2.24, 2.45) is 4.99 Å². The molecule has 0 fully saturated rings. The van der Waals surface area contributed by atoms with Crippen LogP contribution in [0, 0.1) is 0 Å². The van der Waals surface area contributed by atoms with Crippen LogP contribution in [0.15, 0.2) is 53.0 Å². The largest absolute Gasteiger partial charge is 0.372 e. The van der Waals surface area contributed by atoms with Gasteiger partial charge in [-0.1, -0.05) is 5.73 Å². The van der Waals surface area contributed by atoms with Crippen LogP contribution in [0.3, 0.4) is 0 Å². The van der Waals surface area contributed by atoms with Crippen molar-refractivity contribution in [2.45, 2.75) is 13.0 Å². The van der Waals surface area contributed by atoms with Crippen LogP contribution < -0.4 is 10.7 Å². The van der Waals surface area contributed by atoms with Crippen LogP contribution in [-0.2, 0) is 0 Å². The first-order valence-electron chi connectivity index (χ1n) is 6.82. The summed E-state index contributed by atoms with van der Waals surface area (Å²) in [5, 5.41) is 3.93. The Morgan fingerprint density at radius 2 is 2.23 bits per heavy atom. The average molecular weight is 298 g/mol. The summed E-state index contributed by atoms with van der Waals surface area (Å²) in [6.45, 7) is 1.92.